The quantitative estimate of drug-likeness (QED) is 0.887. The van der Waals surface area contributed by atoms with Crippen LogP contribution < -0.4 is 0 Å². The van der Waals surface area contributed by atoms with Crippen molar-refractivity contribution in [2.75, 3.05) is 0 Å². The van der Waals surface area contributed by atoms with Crippen molar-refractivity contribution in [3.05, 3.63) is 71.3 Å². The maximum Gasteiger partial charge on any atom is 0.307 e. The van der Waals surface area contributed by atoms with Gasteiger partial charge in [0, 0.05) is 0 Å². The van der Waals surface area contributed by atoms with Gasteiger partial charge in [0.1, 0.15) is 0 Å². The van der Waals surface area contributed by atoms with Crippen LogP contribution in [0.1, 0.15) is 16.7 Å². The van der Waals surface area contributed by atoms with E-state index < -0.39 is 5.97 Å². The molecule has 0 radical (unpaired) electrons. The van der Waals surface area contributed by atoms with Crippen LogP contribution in [0.5, 0.6) is 0 Å². The van der Waals surface area contributed by atoms with Gasteiger partial charge in [0.15, 0.2) is 0 Å². The van der Waals surface area contributed by atoms with Crippen LogP contribution in [0.2, 0.25) is 0 Å². The smallest absolute Gasteiger partial charge is 0.307 e. The third-order valence-corrected chi connectivity index (χ3v) is 3.40. The normalized spacial score (nSPS) is 12.1. The van der Waals surface area contributed by atoms with Gasteiger partial charge in [-0.15, -0.1) is 0 Å². The van der Waals surface area contributed by atoms with Crippen LogP contribution in [0, 0.1) is 12.8 Å². The lowest BCUT2D eigenvalue weighted by atomic mass is 9.91. The number of carboxylic acids is 1. The van der Waals surface area contributed by atoms with E-state index in [9.17, 15) is 9.90 Å². The molecule has 2 nitrogen and oxygen atoms in total. The lowest BCUT2D eigenvalue weighted by molar-refractivity contribution is -0.141. The third kappa shape index (κ3) is 3.68. The third-order valence-electron chi connectivity index (χ3n) is 3.40. The molecule has 0 aliphatic carbocycles. The molecule has 0 heterocycles. The molecule has 0 saturated carbocycles. The number of hydrogen-bond acceptors (Lipinski definition) is 1. The number of aliphatic carboxylic acids is 1. The number of rotatable bonds is 5. The second kappa shape index (κ2) is 6.19. The van der Waals surface area contributed by atoms with Crippen molar-refractivity contribution in [3.8, 4) is 0 Å². The van der Waals surface area contributed by atoms with E-state index >= 15 is 0 Å². The molecule has 0 bridgehead atoms. The highest BCUT2D eigenvalue weighted by atomic mass is 16.4. The van der Waals surface area contributed by atoms with Gasteiger partial charge in [-0.05, 0) is 36.5 Å². The molecule has 0 fully saturated rings. The number of aryl methyl sites for hydroxylation is 1. The summed E-state index contributed by atoms with van der Waals surface area (Å²) in [5.74, 6) is -1.10. The van der Waals surface area contributed by atoms with Crippen LogP contribution in [0.15, 0.2) is 54.6 Å². The first-order chi connectivity index (χ1) is 9.16. The molecule has 0 aliphatic heterocycles. The zero-order valence-electron chi connectivity index (χ0n) is 11.0. The molecule has 1 unspecified atom stereocenters. The lowest BCUT2D eigenvalue weighted by Crippen LogP contribution is -2.19. The van der Waals surface area contributed by atoms with E-state index in [4.69, 9.17) is 0 Å². The fourth-order valence-electron chi connectivity index (χ4n) is 2.25. The van der Waals surface area contributed by atoms with Gasteiger partial charge >= 0.3 is 5.97 Å². The van der Waals surface area contributed by atoms with Crippen molar-refractivity contribution in [2.24, 2.45) is 5.92 Å². The first kappa shape index (κ1) is 13.3. The Balaban J connectivity index is 2.13. The van der Waals surface area contributed by atoms with Gasteiger partial charge in [0.05, 0.1) is 5.92 Å². The van der Waals surface area contributed by atoms with Gasteiger partial charge < -0.3 is 5.11 Å². The first-order valence-corrected chi connectivity index (χ1v) is 6.48. The van der Waals surface area contributed by atoms with Crippen molar-refractivity contribution >= 4 is 5.97 Å². The number of hydrogen-bond donors (Lipinski definition) is 1. The van der Waals surface area contributed by atoms with Crippen LogP contribution in [-0.4, -0.2) is 11.1 Å². The zero-order valence-corrected chi connectivity index (χ0v) is 11.0. The summed E-state index contributed by atoms with van der Waals surface area (Å²) in [6.07, 6.45) is 1.15. The monoisotopic (exact) mass is 254 g/mol. The van der Waals surface area contributed by atoms with Gasteiger partial charge in [0.25, 0.3) is 0 Å². The van der Waals surface area contributed by atoms with Crippen molar-refractivity contribution in [1.29, 1.82) is 0 Å². The summed E-state index contributed by atoms with van der Waals surface area (Å²) in [5, 5.41) is 9.39. The lowest BCUT2D eigenvalue weighted by Gasteiger charge is -2.14. The van der Waals surface area contributed by atoms with E-state index in [1.165, 1.54) is 0 Å². The largest absolute Gasteiger partial charge is 0.481 e. The fraction of sp³-hybridized carbons (Fsp3) is 0.235. The molecule has 2 aromatic rings. The Morgan fingerprint density at radius 2 is 1.63 bits per heavy atom. The topological polar surface area (TPSA) is 37.3 Å². The highest BCUT2D eigenvalue weighted by molar-refractivity contribution is 5.71. The predicted octanol–water partition coefficient (Wildman–Crippen LogP) is 3.48. The molecule has 0 amide bonds. The fourth-order valence-corrected chi connectivity index (χ4v) is 2.25. The SMILES string of the molecule is Cc1ccccc1CC(Cc1ccccc1)C(=O)O. The maximum absolute atomic E-state index is 11.4. The molecule has 2 heteroatoms. The van der Waals surface area contributed by atoms with Crippen molar-refractivity contribution < 1.29 is 9.90 Å². The molecule has 1 atom stereocenters. The summed E-state index contributed by atoms with van der Waals surface area (Å²) in [6, 6.07) is 17.8. The zero-order chi connectivity index (χ0) is 13.7. The Labute approximate surface area is 113 Å². The molecule has 1 N–H and O–H groups in total. The summed E-state index contributed by atoms with van der Waals surface area (Å²) < 4.78 is 0. The van der Waals surface area contributed by atoms with Crippen LogP contribution in [0.4, 0.5) is 0 Å². The van der Waals surface area contributed by atoms with Crippen LogP contribution >= 0.6 is 0 Å². The van der Waals surface area contributed by atoms with Crippen LogP contribution in [-0.2, 0) is 17.6 Å². The van der Waals surface area contributed by atoms with Gasteiger partial charge in [-0.3, -0.25) is 4.79 Å². The summed E-state index contributed by atoms with van der Waals surface area (Å²) >= 11 is 0. The highest BCUT2D eigenvalue weighted by Gasteiger charge is 2.19. The standard InChI is InChI=1S/C17H18O2/c1-13-7-5-6-10-15(13)12-16(17(18)19)11-14-8-3-2-4-9-14/h2-10,16H,11-12H2,1H3,(H,18,19). The summed E-state index contributed by atoms with van der Waals surface area (Å²) in [7, 11) is 0. The Bertz CT molecular complexity index is 546. The van der Waals surface area contributed by atoms with E-state index in [0.29, 0.717) is 12.8 Å². The molecule has 98 valence electrons. The van der Waals surface area contributed by atoms with Gasteiger partial charge in [-0.25, -0.2) is 0 Å². The Morgan fingerprint density at radius 3 is 2.26 bits per heavy atom. The Morgan fingerprint density at radius 1 is 1.00 bits per heavy atom. The Kier molecular flexibility index (Phi) is 4.35. The molecule has 19 heavy (non-hydrogen) atoms. The number of carbonyl (C=O) groups is 1. The minimum Gasteiger partial charge on any atom is -0.481 e. The minimum absolute atomic E-state index is 0.372. The van der Waals surface area contributed by atoms with Crippen LogP contribution in [0.3, 0.4) is 0 Å². The summed E-state index contributed by atoms with van der Waals surface area (Å²) in [6.45, 7) is 2.02. The molecule has 2 aromatic carbocycles. The van der Waals surface area contributed by atoms with E-state index in [2.05, 4.69) is 0 Å². The molecule has 2 rings (SSSR count). The van der Waals surface area contributed by atoms with Crippen molar-refractivity contribution in [1.82, 2.24) is 0 Å². The minimum atomic E-state index is -0.730. The average Bonchev–Trinajstić information content (AvgIpc) is 2.41. The predicted molar refractivity (Wildman–Crippen MR) is 76.2 cm³/mol. The molecule has 0 aromatic heterocycles. The van der Waals surface area contributed by atoms with Gasteiger partial charge in [-0.1, -0.05) is 54.6 Å². The van der Waals surface area contributed by atoms with Gasteiger partial charge in [0.2, 0.25) is 0 Å². The first-order valence-electron chi connectivity index (χ1n) is 6.48. The Hall–Kier alpha value is -2.09. The number of benzene rings is 2. The summed E-state index contributed by atoms with van der Waals surface area (Å²) in [5.41, 5.74) is 3.34. The molecule has 0 saturated heterocycles. The van der Waals surface area contributed by atoms with Gasteiger partial charge in [-0.2, -0.15) is 0 Å². The van der Waals surface area contributed by atoms with E-state index in [1.54, 1.807) is 0 Å². The number of carboxylic acid groups (broad SMARTS) is 1. The molecular formula is C17H18O2. The van der Waals surface area contributed by atoms with Crippen molar-refractivity contribution in [2.45, 2.75) is 19.8 Å². The second-order valence-electron chi connectivity index (χ2n) is 4.86. The maximum atomic E-state index is 11.4. The van der Waals surface area contributed by atoms with E-state index in [1.807, 2.05) is 61.5 Å². The molecular weight excluding hydrogens is 236 g/mol. The van der Waals surface area contributed by atoms with Crippen molar-refractivity contribution in [3.63, 3.8) is 0 Å². The summed E-state index contributed by atoms with van der Waals surface area (Å²) in [4.78, 5) is 11.4. The average molecular weight is 254 g/mol. The second-order valence-corrected chi connectivity index (χ2v) is 4.86. The van der Waals surface area contributed by atoms with E-state index in [-0.39, 0.29) is 5.92 Å². The molecule has 0 aliphatic rings. The van der Waals surface area contributed by atoms with E-state index in [0.717, 1.165) is 16.7 Å². The molecule has 0 spiro atoms. The van der Waals surface area contributed by atoms with Crippen LogP contribution in [0.25, 0.3) is 0 Å². The highest BCUT2D eigenvalue weighted by Crippen LogP contribution is 2.17.